The summed E-state index contributed by atoms with van der Waals surface area (Å²) in [6.07, 6.45) is 4.57. The molecule has 0 bridgehead atoms. The second-order valence-corrected chi connectivity index (χ2v) is 16.9. The molecular formula is C28H34FN5O4Si. The largest absolute Gasteiger partial charge is 0.366 e. The van der Waals surface area contributed by atoms with E-state index in [0.29, 0.717) is 42.0 Å². The number of aromatic nitrogens is 4. The van der Waals surface area contributed by atoms with Crippen LogP contribution in [-0.4, -0.2) is 52.8 Å². The van der Waals surface area contributed by atoms with E-state index in [-0.39, 0.29) is 29.6 Å². The van der Waals surface area contributed by atoms with Gasteiger partial charge in [0.15, 0.2) is 18.3 Å². The van der Waals surface area contributed by atoms with Gasteiger partial charge >= 0.3 is 0 Å². The van der Waals surface area contributed by atoms with E-state index in [1.807, 2.05) is 17.7 Å². The number of halogens is 1. The number of amides is 1. The van der Waals surface area contributed by atoms with Gasteiger partial charge in [0.1, 0.15) is 12.4 Å². The standard InChI is InChI=1S/C28H34FN5O4Si/c1-17-25-21(34(32-17)24-7-5-6-10-38-24)9-8-18(28(30)36)26(25)20-13-22-19(14-31-20)27(29)23(15-35)33(22)16-37-11-12-39(2,3)4/h8-9,13-15,24H,5-7,10-12,16H2,1-4H3,(H2,30,36). The van der Waals surface area contributed by atoms with Gasteiger partial charge in [0.05, 0.1) is 27.8 Å². The average Bonchev–Trinajstić information content (AvgIpc) is 3.39. The zero-order valence-electron chi connectivity index (χ0n) is 22.8. The first-order valence-corrected chi connectivity index (χ1v) is 17.0. The SMILES string of the molecule is Cc1nn(C2CCCCO2)c2ccc(C(N)=O)c(-c3cc4c(cn3)c(F)c(C=O)n4COCC[Si](C)(C)C)c12. The number of aryl methyl sites for hydroxylation is 1. The smallest absolute Gasteiger partial charge is 0.249 e. The number of rotatable bonds is 9. The molecule has 0 aliphatic carbocycles. The van der Waals surface area contributed by atoms with E-state index in [1.165, 1.54) is 10.8 Å². The fraction of sp³-hybridized carbons (Fsp3) is 0.429. The lowest BCUT2D eigenvalue weighted by molar-refractivity contribution is -0.0368. The van der Waals surface area contributed by atoms with Crippen molar-refractivity contribution in [3.8, 4) is 11.3 Å². The van der Waals surface area contributed by atoms with Gasteiger partial charge in [0.2, 0.25) is 5.91 Å². The van der Waals surface area contributed by atoms with Gasteiger partial charge in [-0.15, -0.1) is 0 Å². The van der Waals surface area contributed by atoms with Crippen LogP contribution < -0.4 is 5.73 Å². The summed E-state index contributed by atoms with van der Waals surface area (Å²) >= 11 is 0. The summed E-state index contributed by atoms with van der Waals surface area (Å²) in [5.41, 5.74) is 8.86. The van der Waals surface area contributed by atoms with Gasteiger partial charge in [-0.1, -0.05) is 19.6 Å². The molecule has 5 rings (SSSR count). The average molecular weight is 552 g/mol. The first-order valence-electron chi connectivity index (χ1n) is 13.2. The lowest BCUT2D eigenvalue weighted by atomic mass is 9.97. The molecule has 1 amide bonds. The summed E-state index contributed by atoms with van der Waals surface area (Å²) in [5, 5.41) is 5.69. The van der Waals surface area contributed by atoms with Crippen LogP contribution in [-0.2, 0) is 16.2 Å². The van der Waals surface area contributed by atoms with E-state index in [0.717, 1.165) is 36.2 Å². The summed E-state index contributed by atoms with van der Waals surface area (Å²) < 4.78 is 30.4. The van der Waals surface area contributed by atoms with Crippen LogP contribution in [0.4, 0.5) is 4.39 Å². The summed E-state index contributed by atoms with van der Waals surface area (Å²) in [6.45, 7) is 9.81. The summed E-state index contributed by atoms with van der Waals surface area (Å²) in [5.74, 6) is -1.26. The van der Waals surface area contributed by atoms with Crippen LogP contribution in [0.2, 0.25) is 25.7 Å². The highest BCUT2D eigenvalue weighted by Gasteiger charge is 2.26. The molecule has 1 atom stereocenters. The Bertz CT molecular complexity index is 1570. The van der Waals surface area contributed by atoms with Crippen molar-refractivity contribution in [3.63, 3.8) is 0 Å². The molecule has 9 nitrogen and oxygen atoms in total. The number of ether oxygens (including phenoxy) is 2. The van der Waals surface area contributed by atoms with Crippen LogP contribution in [0.3, 0.4) is 0 Å². The molecule has 1 unspecified atom stereocenters. The number of nitrogens with zero attached hydrogens (tertiary/aromatic N) is 4. The van der Waals surface area contributed by atoms with Gasteiger partial charge in [-0.2, -0.15) is 5.10 Å². The van der Waals surface area contributed by atoms with E-state index >= 15 is 4.39 Å². The number of carbonyl (C=O) groups excluding carboxylic acids is 2. The highest BCUT2D eigenvalue weighted by Crippen LogP contribution is 2.37. The van der Waals surface area contributed by atoms with E-state index in [2.05, 4.69) is 24.6 Å². The number of fused-ring (bicyclic) bond motifs is 2. The molecule has 0 radical (unpaired) electrons. The highest BCUT2D eigenvalue weighted by molar-refractivity contribution is 6.76. The van der Waals surface area contributed by atoms with E-state index in [4.69, 9.17) is 20.3 Å². The molecule has 11 heteroatoms. The van der Waals surface area contributed by atoms with Crippen LogP contribution in [0.1, 0.15) is 52.0 Å². The lowest BCUT2D eigenvalue weighted by Crippen LogP contribution is -2.22. The molecule has 1 aromatic carbocycles. The minimum atomic E-state index is -1.33. The Kier molecular flexibility index (Phi) is 7.40. The predicted molar refractivity (Wildman–Crippen MR) is 150 cm³/mol. The fourth-order valence-corrected chi connectivity index (χ4v) is 5.93. The number of hydrogen-bond donors (Lipinski definition) is 1. The van der Waals surface area contributed by atoms with E-state index < -0.39 is 19.8 Å². The van der Waals surface area contributed by atoms with Crippen LogP contribution >= 0.6 is 0 Å². The van der Waals surface area contributed by atoms with Crippen LogP contribution in [0.5, 0.6) is 0 Å². The van der Waals surface area contributed by atoms with Crippen LogP contribution in [0, 0.1) is 12.7 Å². The highest BCUT2D eigenvalue weighted by atomic mass is 28.3. The topological polar surface area (TPSA) is 114 Å². The zero-order valence-corrected chi connectivity index (χ0v) is 23.8. The maximum atomic E-state index is 15.2. The van der Waals surface area contributed by atoms with E-state index in [9.17, 15) is 9.59 Å². The first kappa shape index (κ1) is 27.2. The number of carbonyl (C=O) groups is 2. The second kappa shape index (κ2) is 10.6. The monoisotopic (exact) mass is 551 g/mol. The minimum Gasteiger partial charge on any atom is -0.366 e. The summed E-state index contributed by atoms with van der Waals surface area (Å²) in [6, 6.07) is 6.12. The summed E-state index contributed by atoms with van der Waals surface area (Å²) in [7, 11) is -1.33. The maximum absolute atomic E-state index is 15.2. The second-order valence-electron chi connectivity index (χ2n) is 11.3. The fourth-order valence-electron chi connectivity index (χ4n) is 5.17. The molecule has 0 saturated carbocycles. The number of aldehydes is 1. The van der Waals surface area contributed by atoms with Crippen molar-refractivity contribution in [1.29, 1.82) is 0 Å². The Labute approximate surface area is 227 Å². The third kappa shape index (κ3) is 5.13. The number of pyridine rings is 1. The lowest BCUT2D eigenvalue weighted by Gasteiger charge is -2.23. The Morgan fingerprint density at radius 2 is 2.08 bits per heavy atom. The minimum absolute atomic E-state index is 0.0191. The Balaban J connectivity index is 1.66. The molecule has 4 heterocycles. The molecule has 2 N–H and O–H groups in total. The molecule has 1 aliphatic heterocycles. The number of nitrogens with two attached hydrogens (primary N) is 1. The van der Waals surface area contributed by atoms with Gasteiger partial charge in [-0.25, -0.2) is 9.07 Å². The van der Waals surface area contributed by atoms with Gasteiger partial charge < -0.3 is 19.8 Å². The third-order valence-electron chi connectivity index (χ3n) is 7.25. The molecule has 1 aliphatic rings. The van der Waals surface area contributed by atoms with Gasteiger partial charge in [0.25, 0.3) is 0 Å². The Morgan fingerprint density at radius 3 is 2.74 bits per heavy atom. The maximum Gasteiger partial charge on any atom is 0.249 e. The number of hydrogen-bond acceptors (Lipinski definition) is 6. The molecule has 1 saturated heterocycles. The first-order chi connectivity index (χ1) is 18.6. The molecule has 39 heavy (non-hydrogen) atoms. The van der Waals surface area contributed by atoms with Crippen molar-refractivity contribution in [3.05, 3.63) is 47.2 Å². The Morgan fingerprint density at radius 1 is 1.28 bits per heavy atom. The normalized spacial score (nSPS) is 16.3. The number of primary amides is 1. The Hall–Kier alpha value is -3.41. The molecule has 3 aromatic heterocycles. The van der Waals surface area contributed by atoms with Gasteiger partial charge in [0, 0.05) is 44.0 Å². The van der Waals surface area contributed by atoms with Crippen molar-refractivity contribution >= 4 is 42.1 Å². The van der Waals surface area contributed by atoms with Gasteiger partial charge in [-0.05, 0) is 50.4 Å². The zero-order chi connectivity index (χ0) is 27.9. The van der Waals surface area contributed by atoms with Crippen molar-refractivity contribution in [1.82, 2.24) is 19.3 Å². The van der Waals surface area contributed by atoms with Crippen molar-refractivity contribution < 1.29 is 23.5 Å². The van der Waals surface area contributed by atoms with Crippen molar-refractivity contribution in [2.45, 2.75) is 64.8 Å². The molecule has 0 spiro atoms. The third-order valence-corrected chi connectivity index (χ3v) is 8.96. The molecular weight excluding hydrogens is 517 g/mol. The van der Waals surface area contributed by atoms with Crippen LogP contribution in [0.25, 0.3) is 33.1 Å². The number of benzene rings is 1. The van der Waals surface area contributed by atoms with E-state index in [1.54, 1.807) is 12.1 Å². The van der Waals surface area contributed by atoms with Crippen molar-refractivity contribution in [2.24, 2.45) is 5.73 Å². The molecule has 4 aromatic rings. The molecule has 206 valence electrons. The van der Waals surface area contributed by atoms with Crippen molar-refractivity contribution in [2.75, 3.05) is 13.2 Å². The predicted octanol–water partition coefficient (Wildman–Crippen LogP) is 5.42. The van der Waals surface area contributed by atoms with Crippen LogP contribution in [0.15, 0.2) is 24.4 Å². The molecule has 1 fully saturated rings. The van der Waals surface area contributed by atoms with Gasteiger partial charge in [-0.3, -0.25) is 14.6 Å². The summed E-state index contributed by atoms with van der Waals surface area (Å²) in [4.78, 5) is 29.0. The quantitative estimate of drug-likeness (QED) is 0.169.